The summed E-state index contributed by atoms with van der Waals surface area (Å²) in [4.78, 5) is 42.6. The molecule has 0 fully saturated rings. The Kier molecular flexibility index (Phi) is 10.5. The predicted molar refractivity (Wildman–Crippen MR) is 82.1 cm³/mol. The smallest absolute Gasteiger partial charge is 0.331 e. The van der Waals surface area contributed by atoms with Gasteiger partial charge in [0.05, 0.1) is 12.7 Å². The van der Waals surface area contributed by atoms with Crippen LogP contribution < -0.4 is 0 Å². The summed E-state index contributed by atoms with van der Waals surface area (Å²) >= 11 is 0. The third kappa shape index (κ3) is 8.85. The van der Waals surface area contributed by atoms with Crippen molar-refractivity contribution in [2.45, 2.75) is 38.1 Å². The first kappa shape index (κ1) is 20.9. The number of carbonyl (C=O) groups is 2. The monoisotopic (exact) mass is 326 g/mol. The lowest BCUT2D eigenvalue weighted by Crippen LogP contribution is -2.39. The van der Waals surface area contributed by atoms with Gasteiger partial charge in [-0.2, -0.15) is 0 Å². The average molecular weight is 326 g/mol. The van der Waals surface area contributed by atoms with E-state index in [-0.39, 0.29) is 19.6 Å². The standard InChI is InChI=1S/C16H22O7/c1-5-11-21-23-13(3)14(7-9-17)20-12-16(4,8-10-18)22-15(19)6-2/h5-6,8-9,13-14H,1-2,7,11-12H2,3-4H3. The molecule has 0 saturated carbocycles. The van der Waals surface area contributed by atoms with E-state index in [0.29, 0.717) is 6.29 Å². The first-order valence-electron chi connectivity index (χ1n) is 6.94. The highest BCUT2D eigenvalue weighted by molar-refractivity contribution is 5.81. The Morgan fingerprint density at radius 1 is 1.39 bits per heavy atom. The zero-order valence-electron chi connectivity index (χ0n) is 13.4. The SMILES string of the molecule is C=CCOOC(C)C(CC=O)OCC(C)(C=C=O)OC(=O)C=C. The second-order valence-corrected chi connectivity index (χ2v) is 4.83. The van der Waals surface area contributed by atoms with Crippen LogP contribution in [-0.2, 0) is 33.6 Å². The molecule has 0 aliphatic heterocycles. The van der Waals surface area contributed by atoms with Crippen LogP contribution in [0, 0.1) is 0 Å². The van der Waals surface area contributed by atoms with E-state index in [4.69, 9.17) is 19.2 Å². The summed E-state index contributed by atoms with van der Waals surface area (Å²) in [5.41, 5.74) is -1.34. The van der Waals surface area contributed by atoms with E-state index in [1.165, 1.54) is 13.0 Å². The van der Waals surface area contributed by atoms with Crippen molar-refractivity contribution in [3.63, 3.8) is 0 Å². The molecule has 0 saturated heterocycles. The fraction of sp³-hybridized carbons (Fsp3) is 0.500. The molecule has 0 heterocycles. The number of rotatable bonds is 13. The van der Waals surface area contributed by atoms with Crippen LogP contribution in [0.25, 0.3) is 0 Å². The molecule has 0 aromatic rings. The fourth-order valence-corrected chi connectivity index (χ4v) is 1.52. The van der Waals surface area contributed by atoms with Crippen LogP contribution in [0.3, 0.4) is 0 Å². The van der Waals surface area contributed by atoms with Crippen LogP contribution in [0.5, 0.6) is 0 Å². The Balaban J connectivity index is 4.79. The molecule has 23 heavy (non-hydrogen) atoms. The van der Waals surface area contributed by atoms with E-state index in [9.17, 15) is 14.4 Å². The Labute approximate surface area is 135 Å². The topological polar surface area (TPSA) is 88.1 Å². The van der Waals surface area contributed by atoms with Crippen LogP contribution >= 0.6 is 0 Å². The number of ether oxygens (including phenoxy) is 2. The Hall–Kier alpha value is -2.05. The summed E-state index contributed by atoms with van der Waals surface area (Å²) in [6.45, 7) is 9.89. The first-order valence-corrected chi connectivity index (χ1v) is 6.94. The minimum absolute atomic E-state index is 0.0366. The minimum Gasteiger partial charge on any atom is -0.449 e. The van der Waals surface area contributed by atoms with Gasteiger partial charge in [-0.3, -0.25) is 0 Å². The molecule has 0 radical (unpaired) electrons. The maximum atomic E-state index is 11.3. The number of aldehydes is 1. The molecule has 0 rings (SSSR count). The van der Waals surface area contributed by atoms with Crippen LogP contribution in [0.2, 0.25) is 0 Å². The van der Waals surface area contributed by atoms with Crippen LogP contribution in [0.4, 0.5) is 0 Å². The van der Waals surface area contributed by atoms with E-state index < -0.39 is 23.8 Å². The maximum Gasteiger partial charge on any atom is 0.331 e. The second-order valence-electron chi connectivity index (χ2n) is 4.83. The Morgan fingerprint density at radius 2 is 2.09 bits per heavy atom. The van der Waals surface area contributed by atoms with Gasteiger partial charge in [-0.1, -0.05) is 12.7 Å². The molecule has 128 valence electrons. The lowest BCUT2D eigenvalue weighted by atomic mass is 10.1. The average Bonchev–Trinajstić information content (AvgIpc) is 2.51. The lowest BCUT2D eigenvalue weighted by molar-refractivity contribution is -0.330. The summed E-state index contributed by atoms with van der Waals surface area (Å²) in [6.07, 6.45) is 2.97. The quantitative estimate of drug-likeness (QED) is 0.0738. The van der Waals surface area contributed by atoms with Crippen LogP contribution in [0.1, 0.15) is 20.3 Å². The molecule has 0 amide bonds. The van der Waals surface area contributed by atoms with E-state index in [1.807, 2.05) is 0 Å². The maximum absolute atomic E-state index is 11.3. The first-order chi connectivity index (χ1) is 10.9. The van der Waals surface area contributed by atoms with Gasteiger partial charge in [0.1, 0.15) is 24.9 Å². The van der Waals surface area contributed by atoms with Gasteiger partial charge in [0.2, 0.25) is 0 Å². The van der Waals surface area contributed by atoms with Crippen molar-refractivity contribution in [2.24, 2.45) is 0 Å². The normalized spacial score (nSPS) is 15.4. The molecule has 0 spiro atoms. The van der Waals surface area contributed by atoms with E-state index in [1.54, 1.807) is 12.9 Å². The fourth-order valence-electron chi connectivity index (χ4n) is 1.52. The molecule has 0 N–H and O–H groups in total. The van der Waals surface area contributed by atoms with Crippen molar-refractivity contribution in [3.05, 3.63) is 31.4 Å². The molecule has 0 aliphatic carbocycles. The number of carbonyl (C=O) groups excluding carboxylic acids is 3. The Bertz CT molecular complexity index is 453. The molecule has 0 aromatic carbocycles. The van der Waals surface area contributed by atoms with E-state index in [0.717, 1.165) is 12.2 Å². The molecule has 0 aromatic heterocycles. The molecule has 3 atom stereocenters. The molecule has 3 unspecified atom stereocenters. The molecular weight excluding hydrogens is 304 g/mol. The van der Waals surface area contributed by atoms with Crippen molar-refractivity contribution in [3.8, 4) is 0 Å². The highest BCUT2D eigenvalue weighted by Gasteiger charge is 2.30. The van der Waals surface area contributed by atoms with Crippen molar-refractivity contribution in [1.29, 1.82) is 0 Å². The van der Waals surface area contributed by atoms with Gasteiger partial charge in [-0.25, -0.2) is 19.4 Å². The summed E-state index contributed by atoms with van der Waals surface area (Å²) in [6, 6.07) is 0. The van der Waals surface area contributed by atoms with Crippen molar-refractivity contribution >= 4 is 18.2 Å². The molecular formula is C16H22O7. The number of hydrogen-bond donors (Lipinski definition) is 0. The zero-order chi connectivity index (χ0) is 17.7. The summed E-state index contributed by atoms with van der Waals surface area (Å²) in [5.74, 6) is 0.847. The summed E-state index contributed by atoms with van der Waals surface area (Å²) in [5, 5.41) is 0. The largest absolute Gasteiger partial charge is 0.449 e. The van der Waals surface area contributed by atoms with Gasteiger partial charge in [0.15, 0.2) is 5.60 Å². The predicted octanol–water partition coefficient (Wildman–Crippen LogP) is 1.36. The molecule has 7 heteroatoms. The van der Waals surface area contributed by atoms with Crippen molar-refractivity contribution < 1.29 is 33.6 Å². The number of hydrogen-bond acceptors (Lipinski definition) is 7. The van der Waals surface area contributed by atoms with Gasteiger partial charge >= 0.3 is 5.97 Å². The van der Waals surface area contributed by atoms with Crippen molar-refractivity contribution in [2.75, 3.05) is 13.2 Å². The third-order valence-electron chi connectivity index (χ3n) is 2.71. The van der Waals surface area contributed by atoms with Crippen LogP contribution in [-0.4, -0.2) is 49.2 Å². The number of esters is 1. The zero-order valence-corrected chi connectivity index (χ0v) is 13.4. The second kappa shape index (κ2) is 11.5. The van der Waals surface area contributed by atoms with E-state index in [2.05, 4.69) is 13.2 Å². The van der Waals surface area contributed by atoms with E-state index >= 15 is 0 Å². The molecule has 7 nitrogen and oxygen atoms in total. The highest BCUT2D eigenvalue weighted by Crippen LogP contribution is 2.17. The van der Waals surface area contributed by atoms with Crippen LogP contribution in [0.15, 0.2) is 31.4 Å². The Morgan fingerprint density at radius 3 is 2.61 bits per heavy atom. The highest BCUT2D eigenvalue weighted by atomic mass is 17.2. The molecule has 0 bridgehead atoms. The third-order valence-corrected chi connectivity index (χ3v) is 2.71. The van der Waals surface area contributed by atoms with Gasteiger partial charge in [-0.15, -0.1) is 6.58 Å². The van der Waals surface area contributed by atoms with Gasteiger partial charge in [0, 0.05) is 18.6 Å². The summed E-state index contributed by atoms with van der Waals surface area (Å²) in [7, 11) is 0. The molecule has 0 aliphatic rings. The summed E-state index contributed by atoms with van der Waals surface area (Å²) < 4.78 is 10.6. The lowest BCUT2D eigenvalue weighted by Gasteiger charge is -2.28. The van der Waals surface area contributed by atoms with Gasteiger partial charge < -0.3 is 14.3 Å². The minimum atomic E-state index is -1.34. The van der Waals surface area contributed by atoms with Gasteiger partial charge in [0.25, 0.3) is 0 Å². The van der Waals surface area contributed by atoms with Crippen molar-refractivity contribution in [1.82, 2.24) is 0 Å². The van der Waals surface area contributed by atoms with Gasteiger partial charge in [-0.05, 0) is 13.8 Å².